The van der Waals surface area contributed by atoms with Gasteiger partial charge in [0.05, 0.1) is 16.7 Å². The Morgan fingerprint density at radius 3 is 2.18 bits per heavy atom. The minimum absolute atomic E-state index is 1.00. The van der Waals surface area contributed by atoms with E-state index in [4.69, 9.17) is 0 Å². The van der Waals surface area contributed by atoms with E-state index >= 15 is 0 Å². The fraction of sp³-hybridized carbons (Fsp3) is 0.0909. The van der Waals surface area contributed by atoms with Crippen molar-refractivity contribution in [3.63, 3.8) is 0 Å². The molecule has 2 aliphatic carbocycles. The van der Waals surface area contributed by atoms with Crippen LogP contribution in [0.3, 0.4) is 0 Å². The van der Waals surface area contributed by atoms with E-state index in [2.05, 4.69) is 95.6 Å². The molecule has 0 fully saturated rings. The van der Waals surface area contributed by atoms with E-state index in [0.717, 1.165) is 19.3 Å². The molecule has 1 heteroatoms. The Hall–Kier alpha value is -4.10. The normalized spacial score (nSPS) is 14.1. The fourth-order valence-corrected chi connectivity index (χ4v) is 7.03. The van der Waals surface area contributed by atoms with Crippen molar-refractivity contribution in [2.24, 2.45) is 0 Å². The summed E-state index contributed by atoms with van der Waals surface area (Å²) in [4.78, 5) is 0. The first-order chi connectivity index (χ1) is 16.8. The van der Waals surface area contributed by atoms with Gasteiger partial charge in [0.2, 0.25) is 0 Å². The van der Waals surface area contributed by atoms with Gasteiger partial charge in [0.15, 0.2) is 0 Å². The smallest absolute Gasteiger partial charge is 0.0576 e. The second-order valence-corrected chi connectivity index (χ2v) is 10.1. The Labute approximate surface area is 197 Å². The van der Waals surface area contributed by atoms with Crippen LogP contribution in [0, 0.1) is 0 Å². The Morgan fingerprint density at radius 1 is 0.500 bits per heavy atom. The van der Waals surface area contributed by atoms with Crippen LogP contribution in [0.15, 0.2) is 91.0 Å². The van der Waals surface area contributed by atoms with Gasteiger partial charge in [0.1, 0.15) is 0 Å². The topological polar surface area (TPSA) is 4.93 Å². The lowest BCUT2D eigenvalue weighted by Crippen LogP contribution is -2.09. The fourth-order valence-electron chi connectivity index (χ4n) is 7.03. The lowest BCUT2D eigenvalue weighted by Gasteiger charge is -2.24. The molecule has 0 saturated heterocycles. The summed E-state index contributed by atoms with van der Waals surface area (Å²) in [7, 11) is 0. The maximum absolute atomic E-state index is 2.57. The van der Waals surface area contributed by atoms with Gasteiger partial charge >= 0.3 is 0 Å². The molecule has 0 bridgehead atoms. The summed E-state index contributed by atoms with van der Waals surface area (Å²) in [6, 6.07) is 34.5. The molecule has 158 valence electrons. The first-order valence-electron chi connectivity index (χ1n) is 12.3. The summed E-state index contributed by atoms with van der Waals surface area (Å²) >= 11 is 0. The molecule has 0 amide bonds. The predicted molar refractivity (Wildman–Crippen MR) is 140 cm³/mol. The molecule has 2 heterocycles. The lowest BCUT2D eigenvalue weighted by molar-refractivity contribution is 1.04. The van der Waals surface area contributed by atoms with Crippen molar-refractivity contribution in [2.75, 3.05) is 0 Å². The minimum atomic E-state index is 1.00. The summed E-state index contributed by atoms with van der Waals surface area (Å²) in [5, 5.41) is 2.76. The maximum atomic E-state index is 2.57. The Morgan fingerprint density at radius 2 is 1.26 bits per heavy atom. The average Bonchev–Trinajstić information content (AvgIpc) is 3.53. The zero-order valence-electron chi connectivity index (χ0n) is 18.7. The molecular formula is C33H21N. The molecule has 1 nitrogen and oxygen atoms in total. The minimum Gasteiger partial charge on any atom is -0.309 e. The number of nitrogens with zero attached hydrogens (tertiary/aromatic N) is 1. The molecule has 6 aromatic rings. The summed E-state index contributed by atoms with van der Waals surface area (Å²) in [6.45, 7) is 0. The average molecular weight is 432 g/mol. The number of rotatable bonds is 0. The van der Waals surface area contributed by atoms with Crippen molar-refractivity contribution in [3.05, 3.63) is 124 Å². The Kier molecular flexibility index (Phi) is 3.00. The van der Waals surface area contributed by atoms with Gasteiger partial charge in [-0.1, -0.05) is 72.8 Å². The van der Waals surface area contributed by atoms with E-state index < -0.39 is 0 Å². The van der Waals surface area contributed by atoms with Gasteiger partial charge in [-0.3, -0.25) is 0 Å². The molecule has 5 aromatic carbocycles. The number of hydrogen-bond acceptors (Lipinski definition) is 0. The first-order valence-corrected chi connectivity index (χ1v) is 12.3. The van der Waals surface area contributed by atoms with E-state index in [9.17, 15) is 0 Å². The lowest BCUT2D eigenvalue weighted by atomic mass is 9.90. The monoisotopic (exact) mass is 431 g/mol. The van der Waals surface area contributed by atoms with Gasteiger partial charge in [-0.25, -0.2) is 0 Å². The third-order valence-corrected chi connectivity index (χ3v) is 8.43. The molecule has 9 rings (SSSR count). The van der Waals surface area contributed by atoms with Gasteiger partial charge < -0.3 is 4.57 Å². The highest BCUT2D eigenvalue weighted by Gasteiger charge is 2.30. The van der Waals surface area contributed by atoms with Crippen molar-refractivity contribution in [1.29, 1.82) is 0 Å². The molecule has 0 radical (unpaired) electrons. The standard InChI is InChI=1S/C33H21N/c1-3-9-24-19(6-1)15-23-17-31-28(18-27(23)24)26-11-5-8-22-16-29-30(34(31)33(22)26)13-12-21-14-20-7-2-4-10-25(20)32(21)29/h1-13,17-18H,14-16H2. The van der Waals surface area contributed by atoms with Gasteiger partial charge in [-0.15, -0.1) is 0 Å². The molecule has 0 spiro atoms. The highest BCUT2D eigenvalue weighted by molar-refractivity contribution is 6.13. The third kappa shape index (κ3) is 1.98. The Balaban J connectivity index is 1.40. The highest BCUT2D eigenvalue weighted by atomic mass is 15.0. The van der Waals surface area contributed by atoms with Crippen LogP contribution in [0.5, 0.6) is 0 Å². The van der Waals surface area contributed by atoms with Crippen molar-refractivity contribution in [3.8, 4) is 27.9 Å². The van der Waals surface area contributed by atoms with E-state index in [1.807, 2.05) is 0 Å². The zero-order valence-corrected chi connectivity index (χ0v) is 18.7. The molecule has 1 aromatic heterocycles. The van der Waals surface area contributed by atoms with Crippen molar-refractivity contribution in [1.82, 2.24) is 4.57 Å². The van der Waals surface area contributed by atoms with Crippen molar-refractivity contribution < 1.29 is 0 Å². The van der Waals surface area contributed by atoms with Gasteiger partial charge in [-0.2, -0.15) is 0 Å². The van der Waals surface area contributed by atoms with Gasteiger partial charge in [-0.05, 0) is 86.7 Å². The van der Waals surface area contributed by atoms with Gasteiger partial charge in [0.25, 0.3) is 0 Å². The SMILES string of the molecule is c1ccc2c(c1)Cc1cc3c(cc1-2)c1cccc2c1n3-c1ccc3c(c1C2)-c1ccccc1C3. The number of fused-ring (bicyclic) bond motifs is 12. The molecular weight excluding hydrogens is 410 g/mol. The second-order valence-electron chi connectivity index (χ2n) is 10.1. The number of para-hydroxylation sites is 1. The Bertz CT molecular complexity index is 1880. The molecule has 1 aliphatic heterocycles. The molecule has 3 aliphatic rings. The number of aromatic nitrogens is 1. The zero-order chi connectivity index (χ0) is 22.0. The van der Waals surface area contributed by atoms with Crippen LogP contribution in [0.2, 0.25) is 0 Å². The van der Waals surface area contributed by atoms with Crippen LogP contribution in [0.1, 0.15) is 33.4 Å². The van der Waals surface area contributed by atoms with E-state index in [-0.39, 0.29) is 0 Å². The molecule has 0 saturated carbocycles. The summed E-state index contributed by atoms with van der Waals surface area (Å²) < 4.78 is 2.57. The third-order valence-electron chi connectivity index (χ3n) is 8.43. The first kappa shape index (κ1) is 17.4. The van der Waals surface area contributed by atoms with Crippen LogP contribution in [-0.2, 0) is 19.3 Å². The number of benzene rings is 5. The van der Waals surface area contributed by atoms with Crippen LogP contribution in [0.25, 0.3) is 49.7 Å². The summed E-state index contributed by atoms with van der Waals surface area (Å²) in [5.41, 5.74) is 18.6. The largest absolute Gasteiger partial charge is 0.309 e. The molecule has 34 heavy (non-hydrogen) atoms. The quantitative estimate of drug-likeness (QED) is 0.231. The summed E-state index contributed by atoms with van der Waals surface area (Å²) in [5.74, 6) is 0. The molecule has 0 atom stereocenters. The van der Waals surface area contributed by atoms with Crippen LogP contribution < -0.4 is 0 Å². The van der Waals surface area contributed by atoms with E-state index in [1.54, 1.807) is 0 Å². The van der Waals surface area contributed by atoms with Crippen LogP contribution >= 0.6 is 0 Å². The van der Waals surface area contributed by atoms with Crippen LogP contribution in [0.4, 0.5) is 0 Å². The van der Waals surface area contributed by atoms with Gasteiger partial charge in [0, 0.05) is 17.2 Å². The van der Waals surface area contributed by atoms with Crippen molar-refractivity contribution in [2.45, 2.75) is 19.3 Å². The van der Waals surface area contributed by atoms with Crippen LogP contribution in [-0.4, -0.2) is 4.57 Å². The summed E-state index contributed by atoms with van der Waals surface area (Å²) in [6.07, 6.45) is 3.08. The van der Waals surface area contributed by atoms with Crippen molar-refractivity contribution >= 4 is 21.8 Å². The number of hydrogen-bond donors (Lipinski definition) is 0. The molecule has 0 unspecified atom stereocenters. The highest BCUT2D eigenvalue weighted by Crippen LogP contribution is 2.48. The van der Waals surface area contributed by atoms with E-state index in [1.165, 1.54) is 83.1 Å². The van der Waals surface area contributed by atoms with E-state index in [0.29, 0.717) is 0 Å². The molecule has 0 N–H and O–H groups in total. The predicted octanol–water partition coefficient (Wildman–Crippen LogP) is 7.83. The maximum Gasteiger partial charge on any atom is 0.0576 e. The second kappa shape index (κ2) is 5.87.